The van der Waals surface area contributed by atoms with Crippen LogP contribution in [-0.2, 0) is 9.59 Å². The summed E-state index contributed by atoms with van der Waals surface area (Å²) in [5, 5.41) is 11.5. The highest BCUT2D eigenvalue weighted by molar-refractivity contribution is 7.99. The molecule has 2 unspecified atom stereocenters. The molecular formula is C11H19N3O4S. The summed E-state index contributed by atoms with van der Waals surface area (Å²) in [5.41, 5.74) is 5.06. The minimum absolute atomic E-state index is 0.0649. The maximum Gasteiger partial charge on any atom is 0.317 e. The van der Waals surface area contributed by atoms with Crippen LogP contribution in [0.4, 0.5) is 4.79 Å². The Kier molecular flexibility index (Phi) is 5.94. The van der Waals surface area contributed by atoms with E-state index in [0.717, 1.165) is 5.75 Å². The molecule has 1 rings (SSSR count). The van der Waals surface area contributed by atoms with E-state index in [1.807, 2.05) is 0 Å². The van der Waals surface area contributed by atoms with Crippen molar-refractivity contribution in [3.63, 3.8) is 0 Å². The smallest absolute Gasteiger partial charge is 0.317 e. The second-order valence-electron chi connectivity index (χ2n) is 4.54. The fraction of sp³-hybridized carbons (Fsp3) is 0.727. The summed E-state index contributed by atoms with van der Waals surface area (Å²) in [5.74, 6) is -0.00272. The number of urea groups is 1. The van der Waals surface area contributed by atoms with E-state index in [2.05, 4.69) is 5.32 Å². The predicted octanol–water partition coefficient (Wildman–Crippen LogP) is -0.148. The lowest BCUT2D eigenvalue weighted by Gasteiger charge is -2.35. The van der Waals surface area contributed by atoms with Crippen molar-refractivity contribution in [3.05, 3.63) is 0 Å². The van der Waals surface area contributed by atoms with Gasteiger partial charge in [0.25, 0.3) is 0 Å². The van der Waals surface area contributed by atoms with Gasteiger partial charge in [-0.3, -0.25) is 9.59 Å². The van der Waals surface area contributed by atoms with Gasteiger partial charge in [-0.2, -0.15) is 11.8 Å². The number of hydrogen-bond acceptors (Lipinski definition) is 4. The first-order valence-electron chi connectivity index (χ1n) is 6.05. The summed E-state index contributed by atoms with van der Waals surface area (Å²) < 4.78 is 0. The second kappa shape index (κ2) is 7.22. The number of carboxylic acids is 1. The molecule has 0 aliphatic carbocycles. The number of carboxylic acid groups (broad SMARTS) is 1. The molecule has 108 valence electrons. The zero-order valence-electron chi connectivity index (χ0n) is 10.8. The van der Waals surface area contributed by atoms with E-state index in [4.69, 9.17) is 10.8 Å². The molecule has 0 aromatic heterocycles. The highest BCUT2D eigenvalue weighted by atomic mass is 32.2. The van der Waals surface area contributed by atoms with Crippen LogP contribution in [0.25, 0.3) is 0 Å². The summed E-state index contributed by atoms with van der Waals surface area (Å²) >= 11 is 1.64. The van der Waals surface area contributed by atoms with Gasteiger partial charge in [0, 0.05) is 30.5 Å². The van der Waals surface area contributed by atoms with Crippen molar-refractivity contribution in [2.45, 2.75) is 31.8 Å². The lowest BCUT2D eigenvalue weighted by molar-refractivity contribution is -0.138. The third-order valence-corrected chi connectivity index (χ3v) is 3.87. The van der Waals surface area contributed by atoms with Gasteiger partial charge in [-0.1, -0.05) is 0 Å². The van der Waals surface area contributed by atoms with Crippen molar-refractivity contribution >= 4 is 29.7 Å². The number of amides is 3. The summed E-state index contributed by atoms with van der Waals surface area (Å²) in [6.45, 7) is 2.20. The van der Waals surface area contributed by atoms with Crippen LogP contribution in [0.3, 0.4) is 0 Å². The Morgan fingerprint density at radius 2 is 2.21 bits per heavy atom. The maximum atomic E-state index is 12.0. The van der Waals surface area contributed by atoms with Gasteiger partial charge in [-0.25, -0.2) is 4.79 Å². The van der Waals surface area contributed by atoms with Crippen molar-refractivity contribution in [1.82, 2.24) is 10.2 Å². The van der Waals surface area contributed by atoms with Gasteiger partial charge in [-0.15, -0.1) is 0 Å². The fourth-order valence-corrected chi connectivity index (χ4v) is 3.00. The molecule has 1 saturated heterocycles. The number of thioether (sulfide) groups is 1. The van der Waals surface area contributed by atoms with Gasteiger partial charge >= 0.3 is 12.0 Å². The molecule has 4 N–H and O–H groups in total. The first-order valence-corrected chi connectivity index (χ1v) is 7.20. The number of aliphatic carboxylic acids is 1. The molecule has 1 heterocycles. The molecule has 0 bridgehead atoms. The number of nitrogens with zero attached hydrogens (tertiary/aromatic N) is 1. The third-order valence-electron chi connectivity index (χ3n) is 2.78. The number of nitrogens with one attached hydrogen (secondary N) is 1. The van der Waals surface area contributed by atoms with E-state index in [0.29, 0.717) is 12.3 Å². The van der Waals surface area contributed by atoms with Crippen molar-refractivity contribution in [1.29, 1.82) is 0 Å². The Bertz CT molecular complexity index is 364. The minimum atomic E-state index is -0.921. The predicted molar refractivity (Wildman–Crippen MR) is 71.9 cm³/mol. The van der Waals surface area contributed by atoms with Gasteiger partial charge in [0.05, 0.1) is 12.5 Å². The molecule has 7 nitrogen and oxygen atoms in total. The van der Waals surface area contributed by atoms with Crippen LogP contribution in [0, 0.1) is 0 Å². The summed E-state index contributed by atoms with van der Waals surface area (Å²) in [4.78, 5) is 35.1. The van der Waals surface area contributed by atoms with Gasteiger partial charge in [0.15, 0.2) is 0 Å². The topological polar surface area (TPSA) is 113 Å². The zero-order chi connectivity index (χ0) is 14.4. The standard InChI is InChI=1S/C11H19N3O4S/c1-7(4-9(12)15)13-11(18)14-2-3-19-6-8(14)5-10(16)17/h7-8H,2-6H2,1H3,(H2,12,15)(H,13,18)(H,16,17). The number of nitrogens with two attached hydrogens (primary N) is 1. The van der Waals surface area contributed by atoms with E-state index < -0.39 is 11.9 Å². The maximum absolute atomic E-state index is 12.0. The van der Waals surface area contributed by atoms with E-state index in [1.54, 1.807) is 18.7 Å². The normalized spacial score (nSPS) is 20.7. The summed E-state index contributed by atoms with van der Waals surface area (Å²) in [7, 11) is 0. The number of carbonyl (C=O) groups is 3. The molecule has 0 aromatic rings. The quantitative estimate of drug-likeness (QED) is 0.651. The molecule has 19 heavy (non-hydrogen) atoms. The number of rotatable bonds is 5. The van der Waals surface area contributed by atoms with E-state index >= 15 is 0 Å². The Morgan fingerprint density at radius 1 is 1.53 bits per heavy atom. The lowest BCUT2D eigenvalue weighted by Crippen LogP contribution is -2.53. The van der Waals surface area contributed by atoms with Gasteiger partial charge in [0.1, 0.15) is 0 Å². The Hall–Kier alpha value is -1.44. The molecule has 1 fully saturated rings. The molecule has 1 aliphatic rings. The fourth-order valence-electron chi connectivity index (χ4n) is 1.94. The molecule has 1 aliphatic heterocycles. The van der Waals surface area contributed by atoms with Crippen molar-refractivity contribution in [2.75, 3.05) is 18.1 Å². The molecule has 0 saturated carbocycles. The zero-order valence-corrected chi connectivity index (χ0v) is 11.6. The van der Waals surface area contributed by atoms with Crippen molar-refractivity contribution in [2.24, 2.45) is 5.73 Å². The minimum Gasteiger partial charge on any atom is -0.481 e. The Balaban J connectivity index is 2.56. The van der Waals surface area contributed by atoms with Gasteiger partial charge < -0.3 is 21.1 Å². The molecular weight excluding hydrogens is 270 g/mol. The van der Waals surface area contributed by atoms with Crippen LogP contribution in [0.5, 0.6) is 0 Å². The van der Waals surface area contributed by atoms with Crippen LogP contribution >= 0.6 is 11.8 Å². The first kappa shape index (κ1) is 15.6. The van der Waals surface area contributed by atoms with Crippen LogP contribution in [0.15, 0.2) is 0 Å². The lowest BCUT2D eigenvalue weighted by atomic mass is 10.2. The molecule has 8 heteroatoms. The highest BCUT2D eigenvalue weighted by Gasteiger charge is 2.29. The Morgan fingerprint density at radius 3 is 2.79 bits per heavy atom. The van der Waals surface area contributed by atoms with E-state index in [9.17, 15) is 14.4 Å². The van der Waals surface area contributed by atoms with Crippen LogP contribution in [0.2, 0.25) is 0 Å². The van der Waals surface area contributed by atoms with Gasteiger partial charge in [-0.05, 0) is 6.92 Å². The monoisotopic (exact) mass is 289 g/mol. The third kappa shape index (κ3) is 5.37. The van der Waals surface area contributed by atoms with E-state index in [1.165, 1.54) is 4.90 Å². The molecule has 3 amide bonds. The van der Waals surface area contributed by atoms with E-state index in [-0.39, 0.29) is 31.0 Å². The second-order valence-corrected chi connectivity index (χ2v) is 5.69. The van der Waals surface area contributed by atoms with Crippen LogP contribution in [-0.4, -0.2) is 58.0 Å². The molecule has 0 aromatic carbocycles. The van der Waals surface area contributed by atoms with Gasteiger partial charge in [0.2, 0.25) is 5.91 Å². The van der Waals surface area contributed by atoms with Crippen molar-refractivity contribution < 1.29 is 19.5 Å². The van der Waals surface area contributed by atoms with Crippen LogP contribution < -0.4 is 11.1 Å². The first-order chi connectivity index (χ1) is 8.90. The van der Waals surface area contributed by atoms with Crippen LogP contribution in [0.1, 0.15) is 19.8 Å². The SMILES string of the molecule is CC(CC(N)=O)NC(=O)N1CCSCC1CC(=O)O. The molecule has 2 atom stereocenters. The molecule has 0 radical (unpaired) electrons. The Labute approximate surface area is 115 Å². The number of hydrogen-bond donors (Lipinski definition) is 3. The average Bonchev–Trinajstić information content (AvgIpc) is 2.27. The number of primary amides is 1. The summed E-state index contributed by atoms with van der Waals surface area (Å²) in [6, 6.07) is -0.998. The number of carbonyl (C=O) groups excluding carboxylic acids is 2. The van der Waals surface area contributed by atoms with Crippen molar-refractivity contribution in [3.8, 4) is 0 Å². The molecule has 0 spiro atoms. The highest BCUT2D eigenvalue weighted by Crippen LogP contribution is 2.19. The average molecular weight is 289 g/mol. The summed E-state index contributed by atoms with van der Waals surface area (Å²) in [6.07, 6.45) is 0.00253. The largest absolute Gasteiger partial charge is 0.481 e.